The van der Waals surface area contributed by atoms with E-state index in [2.05, 4.69) is 24.1 Å². The zero-order chi connectivity index (χ0) is 13.7. The van der Waals surface area contributed by atoms with Gasteiger partial charge in [0.15, 0.2) is 0 Å². The van der Waals surface area contributed by atoms with E-state index in [9.17, 15) is 4.39 Å². The second-order valence-electron chi connectivity index (χ2n) is 5.21. The molecule has 2 nitrogen and oxygen atoms in total. The van der Waals surface area contributed by atoms with Crippen LogP contribution in [0.1, 0.15) is 19.4 Å². The lowest BCUT2D eigenvalue weighted by atomic mass is 10.0. The minimum Gasteiger partial charge on any atom is -0.308 e. The van der Waals surface area contributed by atoms with E-state index in [1.807, 2.05) is 14.1 Å². The van der Waals surface area contributed by atoms with Crippen molar-refractivity contribution in [1.82, 2.24) is 10.2 Å². The zero-order valence-electron chi connectivity index (χ0n) is 11.5. The molecule has 1 aromatic rings. The van der Waals surface area contributed by atoms with Crippen LogP contribution in [0, 0.1) is 11.7 Å². The first kappa shape index (κ1) is 15.4. The Bertz CT molecular complexity index is 380. The van der Waals surface area contributed by atoms with Crippen LogP contribution in [0.5, 0.6) is 0 Å². The van der Waals surface area contributed by atoms with Gasteiger partial charge in [-0.2, -0.15) is 0 Å². The van der Waals surface area contributed by atoms with Crippen LogP contribution in [0.15, 0.2) is 18.2 Å². The molecule has 0 aliphatic heterocycles. The fourth-order valence-electron chi connectivity index (χ4n) is 1.83. The molecule has 102 valence electrons. The first-order chi connectivity index (χ1) is 8.41. The Kier molecular flexibility index (Phi) is 6.06. The highest BCUT2D eigenvalue weighted by atomic mass is 35.5. The van der Waals surface area contributed by atoms with Crippen LogP contribution in [-0.4, -0.2) is 31.6 Å². The normalized spacial score (nSPS) is 13.3. The molecule has 0 aliphatic rings. The Morgan fingerprint density at radius 3 is 2.56 bits per heavy atom. The van der Waals surface area contributed by atoms with Crippen molar-refractivity contribution in [2.45, 2.75) is 26.4 Å². The first-order valence-electron chi connectivity index (χ1n) is 6.22. The summed E-state index contributed by atoms with van der Waals surface area (Å²) in [6.45, 7) is 5.76. The lowest BCUT2D eigenvalue weighted by Crippen LogP contribution is -2.41. The van der Waals surface area contributed by atoms with E-state index in [1.165, 1.54) is 0 Å². The van der Waals surface area contributed by atoms with Crippen LogP contribution in [0.3, 0.4) is 0 Å². The molecule has 1 N–H and O–H groups in total. The van der Waals surface area contributed by atoms with Gasteiger partial charge in [0.1, 0.15) is 5.82 Å². The molecular formula is C14H22ClFN2. The highest BCUT2D eigenvalue weighted by Crippen LogP contribution is 2.18. The molecule has 0 spiro atoms. The molecular weight excluding hydrogens is 251 g/mol. The average molecular weight is 273 g/mol. The number of likely N-dealkylation sites (N-methyl/N-ethyl adjacent to an activating group) is 1. The highest BCUT2D eigenvalue weighted by molar-refractivity contribution is 6.30. The third-order valence-corrected chi connectivity index (χ3v) is 3.24. The molecule has 0 heterocycles. The lowest BCUT2D eigenvalue weighted by molar-refractivity contribution is 0.287. The van der Waals surface area contributed by atoms with Gasteiger partial charge in [0.05, 0.1) is 5.02 Å². The van der Waals surface area contributed by atoms with Gasteiger partial charge >= 0.3 is 0 Å². The lowest BCUT2D eigenvalue weighted by Gasteiger charge is -2.26. The van der Waals surface area contributed by atoms with Crippen LogP contribution in [0.4, 0.5) is 4.39 Å². The van der Waals surface area contributed by atoms with Crippen LogP contribution in [-0.2, 0) is 6.54 Å². The molecule has 0 aliphatic carbocycles. The van der Waals surface area contributed by atoms with Gasteiger partial charge in [-0.25, -0.2) is 4.39 Å². The van der Waals surface area contributed by atoms with Crippen molar-refractivity contribution >= 4 is 11.6 Å². The van der Waals surface area contributed by atoms with Crippen LogP contribution in [0.2, 0.25) is 5.02 Å². The summed E-state index contributed by atoms with van der Waals surface area (Å²) in [6.07, 6.45) is 0. The fourth-order valence-corrected chi connectivity index (χ4v) is 2.02. The number of halogens is 2. The molecule has 1 unspecified atom stereocenters. The third-order valence-electron chi connectivity index (χ3n) is 2.95. The molecule has 0 fully saturated rings. The number of rotatable bonds is 6. The number of hydrogen-bond donors (Lipinski definition) is 1. The Balaban J connectivity index is 2.64. The van der Waals surface area contributed by atoms with Crippen LogP contribution in [0.25, 0.3) is 0 Å². The third kappa shape index (κ3) is 4.56. The predicted octanol–water partition coefficient (Wildman–Crippen LogP) is 3.15. The van der Waals surface area contributed by atoms with Crippen molar-refractivity contribution in [3.05, 3.63) is 34.6 Å². The number of nitrogens with one attached hydrogen (secondary N) is 1. The number of hydrogen-bond acceptors (Lipinski definition) is 2. The maximum Gasteiger partial charge on any atom is 0.146 e. The van der Waals surface area contributed by atoms with Crippen LogP contribution >= 0.6 is 11.6 Å². The topological polar surface area (TPSA) is 15.3 Å². The van der Waals surface area contributed by atoms with E-state index in [0.717, 1.165) is 6.54 Å². The highest BCUT2D eigenvalue weighted by Gasteiger charge is 2.15. The summed E-state index contributed by atoms with van der Waals surface area (Å²) < 4.78 is 13.7. The molecule has 0 aromatic heterocycles. The molecule has 1 rings (SSSR count). The second-order valence-corrected chi connectivity index (χ2v) is 5.61. The van der Waals surface area contributed by atoms with E-state index >= 15 is 0 Å². The largest absolute Gasteiger partial charge is 0.308 e. The monoisotopic (exact) mass is 272 g/mol. The molecule has 0 bridgehead atoms. The summed E-state index contributed by atoms with van der Waals surface area (Å²) in [6, 6.07) is 5.44. The average Bonchev–Trinajstić information content (AvgIpc) is 2.28. The van der Waals surface area contributed by atoms with Gasteiger partial charge in [-0.3, -0.25) is 0 Å². The smallest absolute Gasteiger partial charge is 0.146 e. The summed E-state index contributed by atoms with van der Waals surface area (Å²) in [4.78, 5) is 2.13. The van der Waals surface area contributed by atoms with Crippen molar-refractivity contribution in [3.63, 3.8) is 0 Å². The van der Waals surface area contributed by atoms with E-state index in [-0.39, 0.29) is 10.8 Å². The van der Waals surface area contributed by atoms with Crippen molar-refractivity contribution in [3.8, 4) is 0 Å². The summed E-state index contributed by atoms with van der Waals surface area (Å²) in [7, 11) is 4.08. The van der Waals surface area contributed by atoms with Crippen molar-refractivity contribution < 1.29 is 4.39 Å². The SMILES string of the molecule is CC(C)C(CN(C)C)NCc1cccc(Cl)c1F. The van der Waals surface area contributed by atoms with Crippen LogP contribution < -0.4 is 5.32 Å². The van der Waals surface area contributed by atoms with E-state index in [1.54, 1.807) is 18.2 Å². The maximum absolute atomic E-state index is 13.7. The zero-order valence-corrected chi connectivity index (χ0v) is 12.3. The summed E-state index contributed by atoms with van der Waals surface area (Å²) in [5.41, 5.74) is 0.618. The minimum atomic E-state index is -0.320. The predicted molar refractivity (Wildman–Crippen MR) is 75.4 cm³/mol. The standard InChI is InChI=1S/C14H22ClFN2/c1-10(2)13(9-18(3)4)17-8-11-6-5-7-12(15)14(11)16/h5-7,10,13,17H,8-9H2,1-4H3. The van der Waals surface area contributed by atoms with Gasteiger partial charge < -0.3 is 10.2 Å². The van der Waals surface area contributed by atoms with Crippen molar-refractivity contribution in [2.24, 2.45) is 5.92 Å². The van der Waals surface area contributed by atoms with Gasteiger partial charge in [0.2, 0.25) is 0 Å². The fraction of sp³-hybridized carbons (Fsp3) is 0.571. The molecule has 0 saturated heterocycles. The minimum absolute atomic E-state index is 0.183. The second kappa shape index (κ2) is 7.07. The Labute approximate surface area is 114 Å². The molecule has 0 radical (unpaired) electrons. The molecule has 0 amide bonds. The molecule has 1 aromatic carbocycles. The molecule has 4 heteroatoms. The Hall–Kier alpha value is -0.640. The molecule has 18 heavy (non-hydrogen) atoms. The Morgan fingerprint density at radius 2 is 2.00 bits per heavy atom. The van der Waals surface area contributed by atoms with Crippen molar-refractivity contribution in [1.29, 1.82) is 0 Å². The van der Waals surface area contributed by atoms with E-state index < -0.39 is 0 Å². The molecule has 0 saturated carbocycles. The summed E-state index contributed by atoms with van der Waals surface area (Å²) in [5, 5.41) is 3.58. The maximum atomic E-state index is 13.7. The van der Waals surface area contributed by atoms with Gasteiger partial charge in [0, 0.05) is 24.7 Å². The molecule has 1 atom stereocenters. The first-order valence-corrected chi connectivity index (χ1v) is 6.60. The van der Waals surface area contributed by atoms with E-state index in [4.69, 9.17) is 11.6 Å². The summed E-state index contributed by atoms with van der Waals surface area (Å²) in [5.74, 6) is 0.175. The van der Waals surface area contributed by atoms with Gasteiger partial charge in [-0.15, -0.1) is 0 Å². The number of benzene rings is 1. The van der Waals surface area contributed by atoms with Gasteiger partial charge in [-0.05, 0) is 26.1 Å². The van der Waals surface area contributed by atoms with E-state index in [0.29, 0.717) is 24.1 Å². The van der Waals surface area contributed by atoms with Gasteiger partial charge in [0.25, 0.3) is 0 Å². The quantitative estimate of drug-likeness (QED) is 0.856. The van der Waals surface area contributed by atoms with Gasteiger partial charge in [-0.1, -0.05) is 37.6 Å². The summed E-state index contributed by atoms with van der Waals surface area (Å²) >= 11 is 5.77. The van der Waals surface area contributed by atoms with Crippen molar-refractivity contribution in [2.75, 3.05) is 20.6 Å². The number of nitrogens with zero attached hydrogens (tertiary/aromatic N) is 1. The Morgan fingerprint density at radius 1 is 1.33 bits per heavy atom.